The van der Waals surface area contributed by atoms with Crippen molar-refractivity contribution in [2.24, 2.45) is 0 Å². The van der Waals surface area contributed by atoms with Crippen LogP contribution in [0.25, 0.3) is 16.5 Å². The largest absolute Gasteiger partial charge is 0.478 e. The number of carboxylic acid groups (broad SMARTS) is 1. The van der Waals surface area contributed by atoms with Gasteiger partial charge in [-0.15, -0.1) is 0 Å². The van der Waals surface area contributed by atoms with E-state index in [-0.39, 0.29) is 49.4 Å². The molecule has 13 heteroatoms. The van der Waals surface area contributed by atoms with E-state index >= 15 is 0 Å². The molecule has 5 aliphatic heterocycles. The number of nitrogens with zero attached hydrogens (tertiary/aromatic N) is 3. The number of aromatic carboxylic acids is 1. The Morgan fingerprint density at radius 3 is 2.31 bits per heavy atom. The molecule has 11 rings (SSSR count). The number of amides is 2. The number of benzene rings is 5. The van der Waals surface area contributed by atoms with E-state index in [2.05, 4.69) is 32.2 Å². The molecule has 0 atom stereocenters. The second-order valence-electron chi connectivity index (χ2n) is 18.8. The van der Waals surface area contributed by atoms with Crippen LogP contribution >= 0.6 is 11.6 Å². The van der Waals surface area contributed by atoms with Crippen LogP contribution in [0.15, 0.2) is 72.8 Å². The summed E-state index contributed by atoms with van der Waals surface area (Å²) in [6.45, 7) is 6.22. The topological polar surface area (TPSA) is 153 Å². The van der Waals surface area contributed by atoms with Gasteiger partial charge in [0.05, 0.1) is 29.7 Å². The summed E-state index contributed by atoms with van der Waals surface area (Å²) in [6, 6.07) is 21.4. The lowest BCUT2D eigenvalue weighted by Crippen LogP contribution is -2.45. The molecular weight excluding hydrogens is 878 g/mol. The second-order valence-corrected chi connectivity index (χ2v) is 19.2. The predicted molar refractivity (Wildman–Crippen MR) is 261 cm³/mol. The maximum atomic E-state index is 14.0. The third-order valence-corrected chi connectivity index (χ3v) is 14.9. The van der Waals surface area contributed by atoms with E-state index in [0.29, 0.717) is 55.9 Å². The van der Waals surface area contributed by atoms with Gasteiger partial charge in [-0.05, 0) is 141 Å². The quantitative estimate of drug-likeness (QED) is 0.0860. The first-order chi connectivity index (χ1) is 33.1. The number of anilines is 1. The Balaban J connectivity index is 0.863. The van der Waals surface area contributed by atoms with E-state index in [1.165, 1.54) is 33.3 Å². The SMILES string of the molecule is Cc1c(CC(=O)NCCCNC(=O)c2ccc(C(=O)O)c(C3=c4cc5c6c(c4Oc4c3cc3c7c4CCCN7CCC3)CCC[N+]=6CCC5)c2)c2cc(CO)ccc2n1C(=O)c1ccc(Cl)cc1. The zero-order valence-electron chi connectivity index (χ0n) is 38.1. The van der Waals surface area contributed by atoms with Crippen LogP contribution in [0.4, 0.5) is 5.69 Å². The predicted octanol–water partition coefficient (Wildman–Crippen LogP) is 6.40. The number of halogens is 1. The molecule has 0 spiro atoms. The van der Waals surface area contributed by atoms with Gasteiger partial charge in [0.1, 0.15) is 24.6 Å². The molecule has 12 nitrogen and oxygen atoms in total. The van der Waals surface area contributed by atoms with Gasteiger partial charge in [-0.3, -0.25) is 19.0 Å². The lowest BCUT2D eigenvalue weighted by molar-refractivity contribution is -0.120. The summed E-state index contributed by atoms with van der Waals surface area (Å²) in [4.78, 5) is 56.9. The fourth-order valence-electron chi connectivity index (χ4n) is 11.6. The summed E-state index contributed by atoms with van der Waals surface area (Å²) in [5.74, 6) is -0.282. The minimum Gasteiger partial charge on any atom is -0.478 e. The van der Waals surface area contributed by atoms with Gasteiger partial charge < -0.3 is 30.5 Å². The van der Waals surface area contributed by atoms with Crippen LogP contribution in [0.1, 0.15) is 113 Å². The molecule has 1 aromatic heterocycles. The number of rotatable bonds is 11. The van der Waals surface area contributed by atoms with E-state index in [1.807, 2.05) is 13.0 Å². The lowest BCUT2D eigenvalue weighted by atomic mass is 9.81. The van der Waals surface area contributed by atoms with Crippen LogP contribution in [0.2, 0.25) is 5.02 Å². The van der Waals surface area contributed by atoms with Crippen molar-refractivity contribution in [3.8, 4) is 11.5 Å². The Kier molecular flexibility index (Phi) is 11.4. The Labute approximate surface area is 398 Å². The first-order valence-electron chi connectivity index (χ1n) is 24.0. The summed E-state index contributed by atoms with van der Waals surface area (Å²) in [7, 11) is 0. The van der Waals surface area contributed by atoms with Crippen molar-refractivity contribution in [1.29, 1.82) is 0 Å². The van der Waals surface area contributed by atoms with E-state index in [9.17, 15) is 29.4 Å². The number of carbonyl (C=O) groups is 4. The number of carbonyl (C=O) groups excluding carboxylic acids is 3. The highest BCUT2D eigenvalue weighted by Crippen LogP contribution is 2.49. The van der Waals surface area contributed by atoms with Crippen LogP contribution in [0.3, 0.4) is 0 Å². The molecule has 0 unspecified atom stereocenters. The number of hydrogen-bond acceptors (Lipinski definition) is 7. The number of fused-ring (bicyclic) bond motifs is 5. The van der Waals surface area contributed by atoms with Crippen LogP contribution < -0.4 is 35.4 Å². The fraction of sp³-hybridized carbons (Fsp3) is 0.327. The molecule has 6 heterocycles. The number of aliphatic hydroxyl groups excluding tert-OH is 1. The number of carboxylic acids is 1. The monoisotopic (exact) mass is 930 g/mol. The average molecular weight is 932 g/mol. The number of ether oxygens (including phenoxy) is 1. The third kappa shape index (κ3) is 7.54. The molecule has 4 N–H and O–H groups in total. The zero-order valence-corrected chi connectivity index (χ0v) is 38.9. The van der Waals surface area contributed by atoms with Gasteiger partial charge in [0, 0.05) is 99.4 Å². The highest BCUT2D eigenvalue weighted by atomic mass is 35.5. The van der Waals surface area contributed by atoms with E-state index in [1.54, 1.807) is 59.2 Å². The Morgan fingerprint density at radius 2 is 1.51 bits per heavy atom. The van der Waals surface area contributed by atoms with Gasteiger partial charge in [0.2, 0.25) is 11.3 Å². The first-order valence-corrected chi connectivity index (χ1v) is 24.3. The summed E-state index contributed by atoms with van der Waals surface area (Å²) in [5, 5.41) is 30.1. The lowest BCUT2D eigenvalue weighted by Gasteiger charge is -2.39. The Hall–Kier alpha value is -6.76. The molecule has 0 saturated heterocycles. The van der Waals surface area contributed by atoms with Crippen LogP contribution in [0, 0.1) is 6.92 Å². The van der Waals surface area contributed by atoms with E-state index < -0.39 is 5.97 Å². The number of hydrogen-bond donors (Lipinski definition) is 4. The van der Waals surface area contributed by atoms with Gasteiger partial charge in [-0.25, -0.2) is 9.37 Å². The van der Waals surface area contributed by atoms with E-state index in [4.69, 9.17) is 16.3 Å². The molecule has 68 heavy (non-hydrogen) atoms. The van der Waals surface area contributed by atoms with Crippen molar-refractivity contribution in [1.82, 2.24) is 19.8 Å². The molecule has 346 valence electrons. The van der Waals surface area contributed by atoms with Gasteiger partial charge in [-0.1, -0.05) is 17.7 Å². The maximum absolute atomic E-state index is 14.0. The smallest absolute Gasteiger partial charge is 0.336 e. The van der Waals surface area contributed by atoms with Crippen molar-refractivity contribution < 1.29 is 34.1 Å². The second kappa shape index (κ2) is 17.7. The summed E-state index contributed by atoms with van der Waals surface area (Å²) >= 11 is 6.09. The van der Waals surface area contributed by atoms with Crippen molar-refractivity contribution in [3.63, 3.8) is 0 Å². The van der Waals surface area contributed by atoms with Crippen molar-refractivity contribution in [3.05, 3.63) is 155 Å². The molecule has 0 fully saturated rings. The molecule has 0 radical (unpaired) electrons. The normalized spacial score (nSPS) is 15.5. The Morgan fingerprint density at radius 1 is 0.779 bits per heavy atom. The number of nitrogens with one attached hydrogen (secondary N) is 2. The highest BCUT2D eigenvalue weighted by Gasteiger charge is 2.37. The van der Waals surface area contributed by atoms with Gasteiger partial charge >= 0.3 is 5.97 Å². The molecule has 0 bridgehead atoms. The number of aromatic nitrogens is 1. The third-order valence-electron chi connectivity index (χ3n) is 14.6. The molecule has 5 aliphatic rings. The summed E-state index contributed by atoms with van der Waals surface area (Å²) in [5.41, 5.74) is 11.9. The zero-order chi connectivity index (χ0) is 46.8. The average Bonchev–Trinajstić information content (AvgIpc) is 3.62. The maximum Gasteiger partial charge on any atom is 0.336 e. The molecule has 6 aromatic rings. The minimum absolute atomic E-state index is 0.00438. The Bertz CT molecular complexity index is 3280. The number of aryl methyl sites for hydroxylation is 2. The minimum atomic E-state index is -1.07. The number of aliphatic hydroxyl groups is 1. The molecule has 0 saturated carbocycles. The van der Waals surface area contributed by atoms with Gasteiger partial charge in [0.25, 0.3) is 11.8 Å². The molecule has 2 amide bonds. The van der Waals surface area contributed by atoms with Crippen molar-refractivity contribution >= 4 is 57.5 Å². The van der Waals surface area contributed by atoms with Gasteiger partial charge in [0.15, 0.2) is 0 Å². The molecule has 0 aliphatic carbocycles. The molecular formula is C55H53ClN5O7+. The molecule has 5 aromatic carbocycles. The standard InChI is InChI=1S/C55H52ClN5O7/c1-31-41(42-25-32(30-62)11-18-46(42)61(31)54(65)33-12-15-37(56)16-13-33)29-47(63)57-19-6-20-58-53(64)36-14-17-38(55(66)67)43(28-36)48-44-26-34-7-2-21-59-23-4-9-39(49(34)59)51(44)68-52-40-10-5-24-60-22-3-8-35(50(40)60)27-45(48)52/h11-18,25-28,62H,2-10,19-24,29-30H2,1H3,(H2-,57,58,63,64,66,67)/p+1. The van der Waals surface area contributed by atoms with Crippen LogP contribution in [-0.4, -0.2) is 77.7 Å². The highest BCUT2D eigenvalue weighted by molar-refractivity contribution is 6.30. The van der Waals surface area contributed by atoms with Crippen molar-refractivity contribution in [2.45, 2.75) is 77.7 Å². The van der Waals surface area contributed by atoms with Crippen LogP contribution in [-0.2, 0) is 43.5 Å². The van der Waals surface area contributed by atoms with Crippen LogP contribution in [0.5, 0.6) is 11.5 Å². The van der Waals surface area contributed by atoms with Crippen molar-refractivity contribution in [2.75, 3.05) is 44.2 Å². The van der Waals surface area contributed by atoms with Gasteiger partial charge in [-0.2, -0.15) is 0 Å². The fourth-order valence-corrected chi connectivity index (χ4v) is 11.7. The van der Waals surface area contributed by atoms with E-state index in [0.717, 1.165) is 105 Å². The summed E-state index contributed by atoms with van der Waals surface area (Å²) in [6.07, 6.45) is 8.22. The first kappa shape index (κ1) is 43.8. The summed E-state index contributed by atoms with van der Waals surface area (Å²) < 4.78 is 11.3.